The topological polar surface area (TPSA) is 95.1 Å². The van der Waals surface area contributed by atoms with E-state index >= 15 is 0 Å². The van der Waals surface area contributed by atoms with Crippen molar-refractivity contribution in [2.45, 2.75) is 23.3 Å². The molecule has 5 rings (SSSR count). The van der Waals surface area contributed by atoms with Crippen LogP contribution in [0.15, 0.2) is 92.0 Å². The second-order valence-electron chi connectivity index (χ2n) is 7.64. The Kier molecular flexibility index (Phi) is 5.40. The second-order valence-corrected chi connectivity index (χ2v) is 8.72. The third-order valence-electron chi connectivity index (χ3n) is 5.28. The van der Waals surface area contributed by atoms with Crippen LogP contribution in [-0.2, 0) is 6.54 Å². The molecule has 0 atom stereocenters. The Morgan fingerprint density at radius 2 is 1.82 bits per heavy atom. The summed E-state index contributed by atoms with van der Waals surface area (Å²) in [6.07, 6.45) is 0. The molecule has 0 saturated heterocycles. The molecule has 33 heavy (non-hydrogen) atoms. The number of rotatable bonds is 4. The van der Waals surface area contributed by atoms with Crippen LogP contribution in [-0.4, -0.2) is 21.8 Å². The van der Waals surface area contributed by atoms with Gasteiger partial charge in [0.2, 0.25) is 0 Å². The number of nitrogens with zero attached hydrogens (tertiary/aromatic N) is 1. The van der Waals surface area contributed by atoms with Crippen molar-refractivity contribution in [3.63, 3.8) is 0 Å². The Bertz CT molecular complexity index is 1410. The minimum absolute atomic E-state index is 0.193. The standard InChI is InChI=1S/C26H20N2O4S/c1-15-6-9-18(32-15)14-27-26(31)17-8-11-24-20(12-17)28-25(16-7-10-21(29)22(30)13-16)19-4-2-3-5-23(19)33-24/h2-13,29-30H,14H2,1H3,(H,27,31). The molecule has 3 aromatic carbocycles. The maximum Gasteiger partial charge on any atom is 0.251 e. The molecule has 3 N–H and O–H groups in total. The number of furan rings is 1. The fourth-order valence-corrected chi connectivity index (χ4v) is 4.63. The number of aryl methyl sites for hydroxylation is 1. The maximum atomic E-state index is 12.8. The van der Waals surface area contributed by atoms with E-state index in [4.69, 9.17) is 9.41 Å². The minimum Gasteiger partial charge on any atom is -0.504 e. The quantitative estimate of drug-likeness (QED) is 0.308. The highest BCUT2D eigenvalue weighted by Gasteiger charge is 2.20. The van der Waals surface area contributed by atoms with E-state index in [0.29, 0.717) is 34.8 Å². The van der Waals surface area contributed by atoms with Crippen molar-refractivity contribution in [1.29, 1.82) is 0 Å². The number of aliphatic imine (C=N–C) groups is 1. The van der Waals surface area contributed by atoms with Crippen molar-refractivity contribution < 1.29 is 19.4 Å². The summed E-state index contributed by atoms with van der Waals surface area (Å²) in [7, 11) is 0. The monoisotopic (exact) mass is 456 g/mol. The Morgan fingerprint density at radius 1 is 0.970 bits per heavy atom. The summed E-state index contributed by atoms with van der Waals surface area (Å²) >= 11 is 1.57. The summed E-state index contributed by atoms with van der Waals surface area (Å²) in [5, 5.41) is 22.7. The number of nitrogens with one attached hydrogen (secondary N) is 1. The van der Waals surface area contributed by atoms with Gasteiger partial charge in [-0.2, -0.15) is 0 Å². The Labute approximate surface area is 194 Å². The molecule has 1 aromatic heterocycles. The molecule has 0 aliphatic carbocycles. The average Bonchev–Trinajstić information content (AvgIpc) is 3.16. The molecule has 0 radical (unpaired) electrons. The van der Waals surface area contributed by atoms with Gasteiger partial charge in [0.15, 0.2) is 11.5 Å². The van der Waals surface area contributed by atoms with Crippen molar-refractivity contribution in [3.8, 4) is 11.5 Å². The van der Waals surface area contributed by atoms with E-state index in [1.165, 1.54) is 12.1 Å². The number of amides is 1. The summed E-state index contributed by atoms with van der Waals surface area (Å²) in [5.74, 6) is 0.850. The first kappa shape index (κ1) is 20.9. The number of aromatic hydroxyl groups is 2. The average molecular weight is 457 g/mol. The van der Waals surface area contributed by atoms with Gasteiger partial charge in [0.05, 0.1) is 17.9 Å². The fourth-order valence-electron chi connectivity index (χ4n) is 3.62. The third kappa shape index (κ3) is 4.23. The molecular weight excluding hydrogens is 436 g/mol. The van der Waals surface area contributed by atoms with E-state index in [2.05, 4.69) is 5.32 Å². The molecule has 0 spiro atoms. The lowest BCUT2D eigenvalue weighted by Gasteiger charge is -2.10. The summed E-state index contributed by atoms with van der Waals surface area (Å²) in [6.45, 7) is 2.15. The molecule has 0 unspecified atom stereocenters. The molecule has 1 amide bonds. The van der Waals surface area contributed by atoms with Gasteiger partial charge in [-0.05, 0) is 61.5 Å². The van der Waals surface area contributed by atoms with E-state index < -0.39 is 0 Å². The molecule has 4 aromatic rings. The van der Waals surface area contributed by atoms with Crippen LogP contribution in [0.3, 0.4) is 0 Å². The lowest BCUT2D eigenvalue weighted by molar-refractivity contribution is 0.0948. The Hall–Kier alpha value is -3.97. The second kappa shape index (κ2) is 8.52. The zero-order valence-electron chi connectivity index (χ0n) is 17.7. The van der Waals surface area contributed by atoms with Gasteiger partial charge in [0.25, 0.3) is 5.91 Å². The van der Waals surface area contributed by atoms with Crippen LogP contribution in [0.2, 0.25) is 0 Å². The predicted octanol–water partition coefficient (Wildman–Crippen LogP) is 5.56. The van der Waals surface area contributed by atoms with Crippen molar-refractivity contribution >= 4 is 29.1 Å². The van der Waals surface area contributed by atoms with E-state index in [1.807, 2.05) is 49.4 Å². The summed E-state index contributed by atoms with van der Waals surface area (Å²) in [6, 6.07) is 21.6. The first-order chi connectivity index (χ1) is 16.0. The molecule has 1 aliphatic heterocycles. The van der Waals surface area contributed by atoms with Gasteiger partial charge in [-0.1, -0.05) is 30.0 Å². The van der Waals surface area contributed by atoms with Crippen molar-refractivity contribution in [3.05, 3.63) is 101 Å². The molecule has 164 valence electrons. The highest BCUT2D eigenvalue weighted by atomic mass is 32.2. The molecule has 1 aliphatic rings. The van der Waals surface area contributed by atoms with E-state index in [-0.39, 0.29) is 17.4 Å². The predicted molar refractivity (Wildman–Crippen MR) is 127 cm³/mol. The zero-order valence-corrected chi connectivity index (χ0v) is 18.5. The number of fused-ring (bicyclic) bond motifs is 2. The number of phenols is 2. The Balaban J connectivity index is 1.53. The van der Waals surface area contributed by atoms with Gasteiger partial charge >= 0.3 is 0 Å². The van der Waals surface area contributed by atoms with Gasteiger partial charge in [-0.15, -0.1) is 0 Å². The molecule has 0 fully saturated rings. The summed E-state index contributed by atoms with van der Waals surface area (Å²) in [5.41, 5.74) is 3.36. The highest BCUT2D eigenvalue weighted by Crippen LogP contribution is 2.42. The smallest absolute Gasteiger partial charge is 0.251 e. The van der Waals surface area contributed by atoms with Gasteiger partial charge in [-0.3, -0.25) is 4.79 Å². The van der Waals surface area contributed by atoms with E-state index in [0.717, 1.165) is 21.1 Å². The normalized spacial score (nSPS) is 12.3. The van der Waals surface area contributed by atoms with Crippen LogP contribution < -0.4 is 5.32 Å². The number of hydrogen-bond acceptors (Lipinski definition) is 6. The SMILES string of the molecule is Cc1ccc(CNC(=O)c2ccc3c(c2)N=C(c2ccc(O)c(O)c2)c2ccccc2S3)o1. The van der Waals surface area contributed by atoms with Gasteiger partial charge in [-0.25, -0.2) is 4.99 Å². The molecule has 2 heterocycles. The van der Waals surface area contributed by atoms with Crippen LogP contribution in [0.5, 0.6) is 11.5 Å². The first-order valence-corrected chi connectivity index (χ1v) is 11.2. The van der Waals surface area contributed by atoms with Gasteiger partial charge < -0.3 is 19.9 Å². The van der Waals surface area contributed by atoms with Crippen LogP contribution in [0.25, 0.3) is 0 Å². The molecular formula is C26H20N2O4S. The third-order valence-corrected chi connectivity index (χ3v) is 6.42. The number of carbonyl (C=O) groups is 1. The maximum absolute atomic E-state index is 12.8. The van der Waals surface area contributed by atoms with E-state index in [9.17, 15) is 15.0 Å². The van der Waals surface area contributed by atoms with E-state index in [1.54, 1.807) is 30.0 Å². The molecule has 0 bridgehead atoms. The van der Waals surface area contributed by atoms with Crippen LogP contribution in [0.4, 0.5) is 5.69 Å². The summed E-state index contributed by atoms with van der Waals surface area (Å²) in [4.78, 5) is 19.6. The number of hydrogen-bond donors (Lipinski definition) is 3. The zero-order chi connectivity index (χ0) is 22.9. The number of benzene rings is 3. The Morgan fingerprint density at radius 3 is 2.61 bits per heavy atom. The fraction of sp³-hybridized carbons (Fsp3) is 0.0769. The van der Waals surface area contributed by atoms with Gasteiger partial charge in [0.1, 0.15) is 11.5 Å². The largest absolute Gasteiger partial charge is 0.504 e. The van der Waals surface area contributed by atoms with Crippen LogP contribution in [0, 0.1) is 6.92 Å². The lowest BCUT2D eigenvalue weighted by Crippen LogP contribution is -2.22. The molecule has 7 heteroatoms. The van der Waals surface area contributed by atoms with Crippen molar-refractivity contribution in [2.24, 2.45) is 4.99 Å². The summed E-state index contributed by atoms with van der Waals surface area (Å²) < 4.78 is 5.52. The molecule has 6 nitrogen and oxygen atoms in total. The highest BCUT2D eigenvalue weighted by molar-refractivity contribution is 7.99. The van der Waals surface area contributed by atoms with Crippen LogP contribution in [0.1, 0.15) is 33.0 Å². The van der Waals surface area contributed by atoms with Crippen molar-refractivity contribution in [1.82, 2.24) is 5.32 Å². The van der Waals surface area contributed by atoms with Crippen molar-refractivity contribution in [2.75, 3.05) is 0 Å². The number of phenolic OH excluding ortho intramolecular Hbond substituents is 2. The molecule has 0 saturated carbocycles. The first-order valence-electron chi connectivity index (χ1n) is 10.3. The van der Waals surface area contributed by atoms with Crippen LogP contribution >= 0.6 is 11.8 Å². The number of carbonyl (C=O) groups excluding carboxylic acids is 1. The minimum atomic E-state index is -0.224. The lowest BCUT2D eigenvalue weighted by atomic mass is 10.0. The van der Waals surface area contributed by atoms with Gasteiger partial charge in [0, 0.05) is 26.5 Å².